The van der Waals surface area contributed by atoms with E-state index in [2.05, 4.69) is 206 Å². The Bertz CT molecular complexity index is 3490. The number of carbonyl (C=O) groups excluding carboxylic acids is 1. The molecule has 7 aromatic rings. The maximum absolute atomic E-state index is 13.5. The first-order valence-electron chi connectivity index (χ1n) is 26.1. The summed E-state index contributed by atoms with van der Waals surface area (Å²) >= 11 is 11.3. The third-order valence-corrected chi connectivity index (χ3v) is 18.1. The molecule has 1 N–H and O–H groups in total. The molecular formula is C62H63Br2IN7OS+. The molecule has 3 aliphatic rings. The monoisotopic (exact) mass is 1240 g/mol. The van der Waals surface area contributed by atoms with Crippen molar-refractivity contribution in [2.24, 2.45) is 0 Å². The molecule has 8 nitrogen and oxygen atoms in total. The number of aromatic nitrogens is 4. The fraction of sp³-hybridized carbons (Fsp3) is 0.306. The molecule has 0 spiro atoms. The third-order valence-electron chi connectivity index (χ3n) is 15.0. The molecule has 0 bridgehead atoms. The second-order valence-electron chi connectivity index (χ2n) is 20.7. The van der Waals surface area contributed by atoms with Crippen LogP contribution in [0.1, 0.15) is 121 Å². The van der Waals surface area contributed by atoms with Gasteiger partial charge in [0.05, 0.1) is 16.7 Å². The van der Waals surface area contributed by atoms with E-state index in [1.54, 1.807) is 16.4 Å². The summed E-state index contributed by atoms with van der Waals surface area (Å²) < 4.78 is 7.47. The number of tetrazole rings is 1. The van der Waals surface area contributed by atoms with Gasteiger partial charge in [-0.05, 0) is 202 Å². The van der Waals surface area contributed by atoms with Gasteiger partial charge in [-0.3, -0.25) is 4.79 Å². The van der Waals surface area contributed by atoms with Crippen LogP contribution in [0.2, 0.25) is 0 Å². The van der Waals surface area contributed by atoms with Crippen LogP contribution in [0.15, 0.2) is 169 Å². The molecule has 0 radical (unpaired) electrons. The maximum atomic E-state index is 13.5. The zero-order valence-electron chi connectivity index (χ0n) is 43.1. The minimum Gasteiger partial charge on any atom is -0.344 e. The number of benzene rings is 6. The molecular weight excluding hydrogens is 1180 g/mol. The van der Waals surface area contributed by atoms with Crippen LogP contribution in [0.25, 0.3) is 27.2 Å². The van der Waals surface area contributed by atoms with E-state index in [4.69, 9.17) is 5.10 Å². The van der Waals surface area contributed by atoms with E-state index in [0.29, 0.717) is 16.4 Å². The summed E-state index contributed by atoms with van der Waals surface area (Å²) in [6.07, 6.45) is 19.5. The Morgan fingerprint density at radius 2 is 1.51 bits per heavy atom. The highest BCUT2D eigenvalue weighted by molar-refractivity contribution is 14.1. The Morgan fingerprint density at radius 3 is 2.27 bits per heavy atom. The molecule has 0 saturated heterocycles. The highest BCUT2D eigenvalue weighted by Gasteiger charge is 2.46. The molecule has 3 heterocycles. The molecule has 1 amide bonds. The lowest BCUT2D eigenvalue weighted by Gasteiger charge is -2.27. The van der Waals surface area contributed by atoms with Crippen molar-refractivity contribution in [3.05, 3.63) is 184 Å². The van der Waals surface area contributed by atoms with Gasteiger partial charge in [0.2, 0.25) is 10.8 Å². The first-order valence-corrected chi connectivity index (χ1v) is 29.6. The number of rotatable bonds is 16. The average molecular weight is 1240 g/mol. The van der Waals surface area contributed by atoms with Crippen molar-refractivity contribution in [3.63, 3.8) is 0 Å². The number of anilines is 2. The number of fused-ring (bicyclic) bond motifs is 6. The van der Waals surface area contributed by atoms with Gasteiger partial charge in [-0.2, -0.15) is 9.26 Å². The van der Waals surface area contributed by atoms with Gasteiger partial charge < -0.3 is 10.2 Å². The summed E-state index contributed by atoms with van der Waals surface area (Å²) in [5.74, 6) is -0.165. The predicted molar refractivity (Wildman–Crippen MR) is 324 cm³/mol. The summed E-state index contributed by atoms with van der Waals surface area (Å²) in [5, 5.41) is 22.4. The first kappa shape index (κ1) is 52.3. The van der Waals surface area contributed by atoms with Gasteiger partial charge in [0.15, 0.2) is 5.71 Å². The number of unbranched alkanes of at least 4 members (excludes halogenated alkanes) is 4. The number of allylic oxidation sites excluding steroid dienone is 7. The smallest absolute Gasteiger partial charge is 0.256 e. The predicted octanol–water partition coefficient (Wildman–Crippen LogP) is 17.5. The van der Waals surface area contributed by atoms with E-state index >= 15 is 0 Å². The van der Waals surface area contributed by atoms with Crippen LogP contribution in [0.3, 0.4) is 0 Å². The van der Waals surface area contributed by atoms with Crippen molar-refractivity contribution in [2.75, 3.05) is 23.3 Å². The lowest BCUT2D eigenvalue weighted by Crippen LogP contribution is -2.28. The molecule has 6 aromatic carbocycles. The lowest BCUT2D eigenvalue weighted by molar-refractivity contribution is -0.438. The van der Waals surface area contributed by atoms with Crippen molar-refractivity contribution >= 4 is 116 Å². The fourth-order valence-electron chi connectivity index (χ4n) is 11.4. The molecule has 12 heteroatoms. The van der Waals surface area contributed by atoms with Crippen LogP contribution < -0.4 is 10.2 Å². The highest BCUT2D eigenvalue weighted by atomic mass is 127. The average Bonchev–Trinajstić information content (AvgIpc) is 4.01. The Kier molecular flexibility index (Phi) is 15.7. The number of halogens is 3. The Morgan fingerprint density at radius 1 is 0.784 bits per heavy atom. The van der Waals surface area contributed by atoms with Crippen LogP contribution >= 0.6 is 66.2 Å². The van der Waals surface area contributed by atoms with Gasteiger partial charge in [-0.15, -0.1) is 5.10 Å². The van der Waals surface area contributed by atoms with Gasteiger partial charge in [0, 0.05) is 70.6 Å². The normalized spacial score (nSPS) is 17.2. The summed E-state index contributed by atoms with van der Waals surface area (Å²) in [6.45, 7) is 16.1. The van der Waals surface area contributed by atoms with Gasteiger partial charge in [0.25, 0.3) is 5.91 Å². The number of hydrogen-bond acceptors (Lipinski definition) is 6. The number of nitrogens with zero attached hydrogens (tertiary/aromatic N) is 6. The molecule has 1 aliphatic carbocycles. The van der Waals surface area contributed by atoms with E-state index in [0.717, 1.165) is 63.4 Å². The zero-order valence-corrected chi connectivity index (χ0v) is 49.3. The second-order valence-corrected chi connectivity index (χ2v) is 24.7. The maximum Gasteiger partial charge on any atom is 0.256 e. The van der Waals surface area contributed by atoms with E-state index < -0.39 is 0 Å². The summed E-state index contributed by atoms with van der Waals surface area (Å²) in [6, 6.07) is 38.0. The van der Waals surface area contributed by atoms with E-state index in [9.17, 15) is 4.79 Å². The standard InChI is InChI=1S/C62H62Br2IN7OS/c1-7-9-13-35-70-52-31-23-42-37-44(63)27-29-48(42)56(52)61(3,4)54(70)33-25-40-17-15-18-41(26-34-55-62(5,6)57-49-30-28-45(64)38-43(49)24-32-53(57)71(55)36-14-10-8-2)58(40)74-60-67-68-69-72(60)47-20-16-19-46(39-47)66-59(73)50-21-11-12-22-51(50)65/h11-12,16,19-34,37-39H,7-10,13-15,17-18,35-36H2,1-6H3/p+1. The Balaban J connectivity index is 1.09. The van der Waals surface area contributed by atoms with Crippen LogP contribution in [-0.4, -0.2) is 49.5 Å². The number of thioether (sulfide) groups is 1. The topological polar surface area (TPSA) is 79.0 Å². The van der Waals surface area contributed by atoms with Crippen LogP contribution in [0.5, 0.6) is 0 Å². The van der Waals surface area contributed by atoms with Gasteiger partial charge in [-0.1, -0.05) is 127 Å². The van der Waals surface area contributed by atoms with Crippen molar-refractivity contribution in [3.8, 4) is 5.69 Å². The largest absolute Gasteiger partial charge is 0.344 e. The lowest BCUT2D eigenvalue weighted by atomic mass is 9.78. The molecule has 0 atom stereocenters. The molecule has 74 heavy (non-hydrogen) atoms. The van der Waals surface area contributed by atoms with Gasteiger partial charge in [0.1, 0.15) is 6.54 Å². The molecule has 2 aliphatic heterocycles. The van der Waals surface area contributed by atoms with Crippen molar-refractivity contribution < 1.29 is 9.37 Å². The first-order chi connectivity index (χ1) is 35.8. The van der Waals surface area contributed by atoms with Crippen LogP contribution in [0, 0.1) is 3.57 Å². The SMILES string of the molecule is CCCCCN1/C(=C/C=C2\CCCC(/C=C/C3=[N+](CCCCC)c4ccc5cc(Br)ccc5c4C3(C)C)=C2Sc2nnnn2-c2cccc(NC(=O)c3ccccc3I)c2)C(C)(C)c2c1ccc1cc(Br)ccc21. The van der Waals surface area contributed by atoms with Crippen LogP contribution in [-0.2, 0) is 10.8 Å². The van der Waals surface area contributed by atoms with Crippen LogP contribution in [0.4, 0.5) is 17.1 Å². The molecule has 0 saturated carbocycles. The molecule has 0 fully saturated rings. The third kappa shape index (κ3) is 10.3. The molecule has 0 unspecified atom stereocenters. The molecule has 1 aromatic heterocycles. The number of amides is 1. The summed E-state index contributed by atoms with van der Waals surface area (Å²) in [4.78, 5) is 17.2. The van der Waals surface area contributed by atoms with Gasteiger partial charge in [-0.25, -0.2) is 0 Å². The Labute approximate surface area is 471 Å². The second kappa shape index (κ2) is 22.2. The minimum absolute atomic E-state index is 0.165. The van der Waals surface area contributed by atoms with E-state index in [1.807, 2.05) is 48.5 Å². The number of carbonyl (C=O) groups is 1. The summed E-state index contributed by atoms with van der Waals surface area (Å²) in [5.41, 5.74) is 12.1. The van der Waals surface area contributed by atoms with Crippen molar-refractivity contribution in [1.29, 1.82) is 0 Å². The van der Waals surface area contributed by atoms with E-state index in [1.165, 1.54) is 97.2 Å². The number of hydrogen-bond donors (Lipinski definition) is 1. The minimum atomic E-state index is -0.245. The number of nitrogens with one attached hydrogen (secondary N) is 1. The highest BCUT2D eigenvalue weighted by Crippen LogP contribution is 2.52. The van der Waals surface area contributed by atoms with Crippen molar-refractivity contribution in [1.82, 2.24) is 20.2 Å². The quantitative estimate of drug-likeness (QED) is 0.0590. The van der Waals surface area contributed by atoms with Gasteiger partial charge >= 0.3 is 0 Å². The Hall–Kier alpha value is -5.15. The fourth-order valence-corrected chi connectivity index (χ4v) is 13.9. The van der Waals surface area contributed by atoms with Crippen molar-refractivity contribution in [2.45, 2.75) is 115 Å². The molecule has 378 valence electrons. The van der Waals surface area contributed by atoms with E-state index in [-0.39, 0.29) is 16.7 Å². The molecule has 10 rings (SSSR count). The summed E-state index contributed by atoms with van der Waals surface area (Å²) in [7, 11) is 0. The zero-order chi connectivity index (χ0) is 51.7.